The highest BCUT2D eigenvalue weighted by atomic mass is 32.1. The summed E-state index contributed by atoms with van der Waals surface area (Å²) < 4.78 is 0. The first-order valence-corrected chi connectivity index (χ1v) is 5.70. The Morgan fingerprint density at radius 3 is 2.86 bits per heavy atom. The van der Waals surface area contributed by atoms with Crippen LogP contribution in [0.15, 0.2) is 47.2 Å². The van der Waals surface area contributed by atoms with Crippen LogP contribution in [0.4, 0.5) is 0 Å². The molecule has 3 rings (SSSR count). The summed E-state index contributed by atoms with van der Waals surface area (Å²) in [7, 11) is 0. The fourth-order valence-corrected chi connectivity index (χ4v) is 2.63. The monoisotopic (exact) mass is 198 g/mol. The smallest absolute Gasteiger partial charge is 0.00146 e. The van der Waals surface area contributed by atoms with Crippen LogP contribution < -0.4 is 0 Å². The fraction of sp³-hybridized carbons (Fsp3) is 0.0769. The minimum atomic E-state index is 1.08. The molecule has 0 radical (unpaired) electrons. The van der Waals surface area contributed by atoms with Crippen LogP contribution in [0.2, 0.25) is 0 Å². The lowest BCUT2D eigenvalue weighted by atomic mass is 10.0. The fourth-order valence-electron chi connectivity index (χ4n) is 1.97. The summed E-state index contributed by atoms with van der Waals surface area (Å²) in [5.74, 6) is 0. The average Bonchev–Trinajstić information content (AvgIpc) is 2.85. The number of hydrogen-bond donors (Lipinski definition) is 0. The minimum absolute atomic E-state index is 1.08. The quantitative estimate of drug-likeness (QED) is 0.655. The van der Waals surface area contributed by atoms with Gasteiger partial charge in [-0.15, -0.1) is 0 Å². The Labute approximate surface area is 87.5 Å². The van der Waals surface area contributed by atoms with Gasteiger partial charge in [0.2, 0.25) is 0 Å². The van der Waals surface area contributed by atoms with Gasteiger partial charge in [-0.3, -0.25) is 0 Å². The summed E-state index contributed by atoms with van der Waals surface area (Å²) >= 11 is 1.76. The second kappa shape index (κ2) is 3.10. The van der Waals surface area contributed by atoms with Crippen molar-refractivity contribution in [3.05, 3.63) is 63.9 Å². The number of allylic oxidation sites excluding steroid dienone is 1. The average molecular weight is 198 g/mol. The van der Waals surface area contributed by atoms with E-state index in [9.17, 15) is 0 Å². The van der Waals surface area contributed by atoms with Gasteiger partial charge < -0.3 is 0 Å². The van der Waals surface area contributed by atoms with Crippen molar-refractivity contribution in [1.29, 1.82) is 0 Å². The highest BCUT2D eigenvalue weighted by molar-refractivity contribution is 7.08. The van der Waals surface area contributed by atoms with E-state index in [0.717, 1.165) is 6.42 Å². The lowest BCUT2D eigenvalue weighted by molar-refractivity contribution is 1.31. The Morgan fingerprint density at radius 1 is 1.07 bits per heavy atom. The highest BCUT2D eigenvalue weighted by Gasteiger charge is 2.14. The van der Waals surface area contributed by atoms with Crippen molar-refractivity contribution in [1.82, 2.24) is 0 Å². The summed E-state index contributed by atoms with van der Waals surface area (Å²) in [6, 6.07) is 10.9. The topological polar surface area (TPSA) is 0 Å². The maximum atomic E-state index is 2.33. The van der Waals surface area contributed by atoms with Gasteiger partial charge >= 0.3 is 0 Å². The molecule has 0 N–H and O–H groups in total. The largest absolute Gasteiger partial charge is 0.152 e. The molecule has 0 unspecified atom stereocenters. The normalized spacial score (nSPS) is 13.9. The molecule has 0 aliphatic heterocycles. The number of hydrogen-bond acceptors (Lipinski definition) is 1. The number of benzene rings is 1. The molecule has 1 heterocycles. The van der Waals surface area contributed by atoms with E-state index in [1.54, 1.807) is 11.3 Å². The van der Waals surface area contributed by atoms with Crippen LogP contribution in [0.1, 0.15) is 16.7 Å². The summed E-state index contributed by atoms with van der Waals surface area (Å²) in [4.78, 5) is 0. The molecule has 0 nitrogen and oxygen atoms in total. The van der Waals surface area contributed by atoms with Gasteiger partial charge in [0.25, 0.3) is 0 Å². The molecule has 1 aliphatic rings. The molecule has 1 aromatic carbocycles. The van der Waals surface area contributed by atoms with Gasteiger partial charge in [0.1, 0.15) is 0 Å². The zero-order chi connectivity index (χ0) is 9.38. The van der Waals surface area contributed by atoms with Gasteiger partial charge in [-0.05, 0) is 45.5 Å². The van der Waals surface area contributed by atoms with E-state index in [4.69, 9.17) is 0 Å². The minimum Gasteiger partial charge on any atom is -0.152 e. The number of thiophene rings is 1. The molecule has 0 fully saturated rings. The van der Waals surface area contributed by atoms with Gasteiger partial charge in [0, 0.05) is 0 Å². The van der Waals surface area contributed by atoms with Crippen molar-refractivity contribution < 1.29 is 0 Å². The van der Waals surface area contributed by atoms with Crippen molar-refractivity contribution >= 4 is 16.9 Å². The lowest BCUT2D eigenvalue weighted by Gasteiger charge is -2.02. The van der Waals surface area contributed by atoms with Gasteiger partial charge in [-0.1, -0.05) is 30.3 Å². The van der Waals surface area contributed by atoms with E-state index in [2.05, 4.69) is 47.2 Å². The second-order valence-corrected chi connectivity index (χ2v) is 4.27. The number of fused-ring (bicyclic) bond motifs is 1. The Kier molecular flexibility index (Phi) is 1.78. The van der Waals surface area contributed by atoms with Gasteiger partial charge in [-0.2, -0.15) is 11.3 Å². The van der Waals surface area contributed by atoms with Crippen LogP contribution in [0, 0.1) is 0 Å². The molecule has 0 saturated heterocycles. The molecule has 1 aromatic heterocycles. The zero-order valence-electron chi connectivity index (χ0n) is 7.73. The first-order valence-electron chi connectivity index (χ1n) is 4.76. The maximum absolute atomic E-state index is 2.33. The van der Waals surface area contributed by atoms with Crippen LogP contribution in [0.3, 0.4) is 0 Å². The summed E-state index contributed by atoms with van der Waals surface area (Å²) in [6.07, 6.45) is 3.41. The zero-order valence-corrected chi connectivity index (χ0v) is 8.55. The van der Waals surface area contributed by atoms with E-state index >= 15 is 0 Å². The molecular formula is C13H10S. The van der Waals surface area contributed by atoms with Crippen LogP contribution in [-0.2, 0) is 6.42 Å². The third kappa shape index (κ3) is 1.13. The van der Waals surface area contributed by atoms with Crippen molar-refractivity contribution in [3.8, 4) is 0 Å². The Balaban J connectivity index is 2.14. The number of rotatable bonds is 1. The SMILES string of the molecule is C1=C(c2ccsc2)c2ccccc2C1. The highest BCUT2D eigenvalue weighted by Crippen LogP contribution is 2.33. The second-order valence-electron chi connectivity index (χ2n) is 3.49. The first-order chi connectivity index (χ1) is 6.95. The molecular weight excluding hydrogens is 188 g/mol. The van der Waals surface area contributed by atoms with Crippen molar-refractivity contribution in [2.75, 3.05) is 0 Å². The van der Waals surface area contributed by atoms with Crippen molar-refractivity contribution in [2.45, 2.75) is 6.42 Å². The molecule has 0 bridgehead atoms. The molecule has 68 valence electrons. The summed E-state index contributed by atoms with van der Waals surface area (Å²) in [5.41, 5.74) is 5.63. The first kappa shape index (κ1) is 8.01. The van der Waals surface area contributed by atoms with Crippen LogP contribution in [-0.4, -0.2) is 0 Å². The van der Waals surface area contributed by atoms with Crippen molar-refractivity contribution in [2.24, 2.45) is 0 Å². The van der Waals surface area contributed by atoms with E-state index in [1.165, 1.54) is 22.3 Å². The molecule has 2 aromatic rings. The van der Waals surface area contributed by atoms with E-state index in [0.29, 0.717) is 0 Å². The van der Waals surface area contributed by atoms with Gasteiger partial charge in [0.15, 0.2) is 0 Å². The third-order valence-electron chi connectivity index (χ3n) is 2.67. The molecule has 1 heteroatoms. The predicted octanol–water partition coefficient (Wildman–Crippen LogP) is 3.74. The van der Waals surface area contributed by atoms with E-state index < -0.39 is 0 Å². The molecule has 0 saturated carbocycles. The van der Waals surface area contributed by atoms with E-state index in [1.807, 2.05) is 0 Å². The van der Waals surface area contributed by atoms with Gasteiger partial charge in [-0.25, -0.2) is 0 Å². The molecule has 1 aliphatic carbocycles. The third-order valence-corrected chi connectivity index (χ3v) is 3.35. The van der Waals surface area contributed by atoms with Crippen LogP contribution in [0.5, 0.6) is 0 Å². The molecule has 0 amide bonds. The summed E-state index contributed by atoms with van der Waals surface area (Å²) in [6.45, 7) is 0. The molecule has 0 spiro atoms. The Hall–Kier alpha value is -1.34. The van der Waals surface area contributed by atoms with Crippen LogP contribution in [0.25, 0.3) is 5.57 Å². The van der Waals surface area contributed by atoms with Crippen molar-refractivity contribution in [3.63, 3.8) is 0 Å². The Morgan fingerprint density at radius 2 is 2.00 bits per heavy atom. The predicted molar refractivity (Wildman–Crippen MR) is 61.5 cm³/mol. The van der Waals surface area contributed by atoms with E-state index in [-0.39, 0.29) is 0 Å². The van der Waals surface area contributed by atoms with Gasteiger partial charge in [0.05, 0.1) is 0 Å². The molecule has 14 heavy (non-hydrogen) atoms. The van der Waals surface area contributed by atoms with Crippen LogP contribution >= 0.6 is 11.3 Å². The Bertz CT molecular complexity index is 478. The summed E-state index contributed by atoms with van der Waals surface area (Å²) in [5, 5.41) is 4.35. The maximum Gasteiger partial charge on any atom is -0.00146 e. The lowest BCUT2D eigenvalue weighted by Crippen LogP contribution is -1.83. The standard InChI is InChI=1S/C13H10S/c1-2-4-12-10(3-1)5-6-13(12)11-7-8-14-9-11/h1-4,6-9H,5H2. The molecule has 0 atom stereocenters.